The van der Waals surface area contributed by atoms with Gasteiger partial charge in [0.15, 0.2) is 0 Å². The number of β-amino-alcohol motifs (C(OH)–C–C–N with tert-alkyl or cyclic N) is 1. The lowest BCUT2D eigenvalue weighted by molar-refractivity contribution is 0.0688. The summed E-state index contributed by atoms with van der Waals surface area (Å²) < 4.78 is 28.9. The molecule has 0 saturated carbocycles. The molecule has 2 aliphatic heterocycles. The second-order valence-corrected chi connectivity index (χ2v) is 11.7. The van der Waals surface area contributed by atoms with Gasteiger partial charge in [-0.05, 0) is 81.4 Å². The summed E-state index contributed by atoms with van der Waals surface area (Å²) in [5.41, 5.74) is 1.13. The molecule has 0 bridgehead atoms. The van der Waals surface area contributed by atoms with E-state index in [1.807, 2.05) is 12.1 Å². The van der Waals surface area contributed by atoms with Crippen LogP contribution in [-0.4, -0.2) is 74.1 Å². The monoisotopic (exact) mass is 437 g/mol. The molecule has 2 heterocycles. The molecule has 2 N–H and O–H groups in total. The van der Waals surface area contributed by atoms with Gasteiger partial charge in [-0.3, -0.25) is 0 Å². The molecule has 1 atom stereocenters. The van der Waals surface area contributed by atoms with Crippen molar-refractivity contribution in [3.63, 3.8) is 0 Å². The molecule has 30 heavy (non-hydrogen) atoms. The van der Waals surface area contributed by atoms with Crippen LogP contribution in [0.5, 0.6) is 0 Å². The number of hydrogen-bond donors (Lipinski definition) is 2. The molecule has 2 saturated heterocycles. The Morgan fingerprint density at radius 2 is 1.80 bits per heavy atom. The lowest BCUT2D eigenvalue weighted by Gasteiger charge is -2.35. The average Bonchev–Trinajstić information content (AvgIpc) is 2.71. The minimum Gasteiger partial charge on any atom is -0.392 e. The van der Waals surface area contributed by atoms with Crippen molar-refractivity contribution in [3.05, 3.63) is 29.8 Å². The number of rotatable bonds is 7. The van der Waals surface area contributed by atoms with Gasteiger partial charge in [0.25, 0.3) is 0 Å². The number of aliphatic hydroxyl groups excluding tert-OH is 1. The Bertz CT molecular complexity index is 768. The Labute approximate surface area is 182 Å². The third kappa shape index (κ3) is 6.04. The van der Waals surface area contributed by atoms with Gasteiger partial charge < -0.3 is 15.3 Å². The van der Waals surface area contributed by atoms with Gasteiger partial charge in [-0.2, -0.15) is 4.31 Å². The van der Waals surface area contributed by atoms with Crippen LogP contribution in [-0.2, 0) is 15.4 Å². The molecule has 2 aliphatic rings. The predicted octanol–water partition coefficient (Wildman–Crippen LogP) is 2.57. The third-order valence-electron chi connectivity index (χ3n) is 6.38. The van der Waals surface area contributed by atoms with Crippen molar-refractivity contribution in [1.82, 2.24) is 14.5 Å². The first-order chi connectivity index (χ1) is 14.2. The second-order valence-electron chi connectivity index (χ2n) is 9.82. The normalized spacial score (nSPS) is 22.5. The van der Waals surface area contributed by atoms with Crippen LogP contribution in [0.2, 0.25) is 0 Å². The number of piperidine rings is 2. The van der Waals surface area contributed by atoms with E-state index in [-0.39, 0.29) is 17.6 Å². The van der Waals surface area contributed by atoms with Gasteiger partial charge in [-0.25, -0.2) is 8.42 Å². The number of hydrogen-bond acceptors (Lipinski definition) is 5. The van der Waals surface area contributed by atoms with E-state index >= 15 is 0 Å². The summed E-state index contributed by atoms with van der Waals surface area (Å²) in [6.45, 7) is 11.2. The predicted molar refractivity (Wildman–Crippen MR) is 121 cm³/mol. The van der Waals surface area contributed by atoms with Gasteiger partial charge in [0.05, 0.1) is 11.0 Å². The molecule has 7 heteroatoms. The molecule has 170 valence electrons. The summed E-state index contributed by atoms with van der Waals surface area (Å²) in [5, 5.41) is 13.2. The van der Waals surface area contributed by atoms with E-state index in [0.29, 0.717) is 18.0 Å². The molecule has 0 aromatic heterocycles. The number of sulfonamides is 1. The highest BCUT2D eigenvalue weighted by Gasteiger charge is 2.32. The van der Waals surface area contributed by atoms with Crippen LogP contribution in [0.15, 0.2) is 29.2 Å². The number of likely N-dealkylation sites (tertiary alicyclic amines) is 1. The van der Waals surface area contributed by atoms with Gasteiger partial charge in [-0.15, -0.1) is 0 Å². The fourth-order valence-electron chi connectivity index (χ4n) is 4.54. The molecule has 1 aromatic carbocycles. The first-order valence-electron chi connectivity index (χ1n) is 11.4. The third-order valence-corrected chi connectivity index (χ3v) is 8.34. The summed E-state index contributed by atoms with van der Waals surface area (Å²) in [4.78, 5) is 2.65. The van der Waals surface area contributed by atoms with Gasteiger partial charge in [-0.1, -0.05) is 32.9 Å². The van der Waals surface area contributed by atoms with Gasteiger partial charge >= 0.3 is 0 Å². The van der Waals surface area contributed by atoms with E-state index in [1.165, 1.54) is 0 Å². The van der Waals surface area contributed by atoms with Crippen LogP contribution in [0.4, 0.5) is 0 Å². The summed E-state index contributed by atoms with van der Waals surface area (Å²) in [6, 6.07) is 7.48. The first kappa shape index (κ1) is 23.7. The molecule has 6 nitrogen and oxygen atoms in total. The average molecular weight is 438 g/mol. The Kier molecular flexibility index (Phi) is 7.96. The van der Waals surface area contributed by atoms with Crippen molar-refractivity contribution in [1.29, 1.82) is 0 Å². The molecule has 1 unspecified atom stereocenters. The Balaban J connectivity index is 1.73. The minimum atomic E-state index is -3.54. The Morgan fingerprint density at radius 3 is 2.40 bits per heavy atom. The smallest absolute Gasteiger partial charge is 0.243 e. The van der Waals surface area contributed by atoms with Crippen LogP contribution in [0.25, 0.3) is 0 Å². The van der Waals surface area contributed by atoms with Crippen molar-refractivity contribution < 1.29 is 13.5 Å². The molecule has 0 aliphatic carbocycles. The molecule has 3 rings (SSSR count). The number of aliphatic hydroxyl groups is 1. The molecule has 0 spiro atoms. The minimum absolute atomic E-state index is 0.00394. The van der Waals surface area contributed by atoms with Crippen LogP contribution in [0.1, 0.15) is 58.4 Å². The summed E-state index contributed by atoms with van der Waals surface area (Å²) >= 11 is 0. The second kappa shape index (κ2) is 10.1. The Hall–Kier alpha value is -0.990. The molecular formula is C23H39N3O3S. The molecule has 0 amide bonds. The lowest BCUT2D eigenvalue weighted by Crippen LogP contribution is -2.47. The topological polar surface area (TPSA) is 72.9 Å². The van der Waals surface area contributed by atoms with Gasteiger partial charge in [0.2, 0.25) is 10.0 Å². The number of benzene rings is 1. The van der Waals surface area contributed by atoms with E-state index in [1.54, 1.807) is 16.4 Å². The molecule has 2 fully saturated rings. The summed E-state index contributed by atoms with van der Waals surface area (Å²) in [6.07, 6.45) is 4.12. The van der Waals surface area contributed by atoms with E-state index in [2.05, 4.69) is 31.0 Å². The van der Waals surface area contributed by atoms with Gasteiger partial charge in [0, 0.05) is 19.1 Å². The SMILES string of the molecule is CC(C)(C)c1ccc(S(=O)(=O)N(CCCN2CCCC(O)C2)C2CCNCC2)cc1. The maximum Gasteiger partial charge on any atom is 0.243 e. The molecule has 1 aromatic rings. The van der Waals surface area contributed by atoms with E-state index < -0.39 is 10.0 Å². The van der Waals surface area contributed by atoms with Crippen molar-refractivity contribution in [2.75, 3.05) is 39.3 Å². The van der Waals surface area contributed by atoms with E-state index in [9.17, 15) is 13.5 Å². The number of nitrogens with zero attached hydrogens (tertiary/aromatic N) is 2. The molecular weight excluding hydrogens is 398 g/mol. The standard InChI is InChI=1S/C23H39N3O3S/c1-23(2,3)19-7-9-22(10-8-19)30(28,29)26(20-11-13-24-14-12-20)17-5-16-25-15-4-6-21(27)18-25/h7-10,20-21,24,27H,4-6,11-18H2,1-3H3. The fraction of sp³-hybridized carbons (Fsp3) is 0.739. The van der Waals surface area contributed by atoms with Crippen molar-refractivity contribution in [3.8, 4) is 0 Å². The van der Waals surface area contributed by atoms with Crippen molar-refractivity contribution >= 4 is 10.0 Å². The highest BCUT2D eigenvalue weighted by molar-refractivity contribution is 7.89. The van der Waals surface area contributed by atoms with Crippen LogP contribution < -0.4 is 5.32 Å². The van der Waals surface area contributed by atoms with Gasteiger partial charge in [0.1, 0.15) is 0 Å². The zero-order valence-electron chi connectivity index (χ0n) is 18.8. The quantitative estimate of drug-likeness (QED) is 0.686. The maximum absolute atomic E-state index is 13.6. The Morgan fingerprint density at radius 1 is 1.13 bits per heavy atom. The van der Waals surface area contributed by atoms with Crippen LogP contribution in [0, 0.1) is 0 Å². The maximum atomic E-state index is 13.6. The highest BCUT2D eigenvalue weighted by Crippen LogP contribution is 2.27. The van der Waals surface area contributed by atoms with Crippen molar-refractivity contribution in [2.45, 2.75) is 75.3 Å². The zero-order chi connectivity index (χ0) is 21.8. The molecule has 0 radical (unpaired) electrons. The zero-order valence-corrected chi connectivity index (χ0v) is 19.6. The van der Waals surface area contributed by atoms with Crippen LogP contribution >= 0.6 is 0 Å². The van der Waals surface area contributed by atoms with E-state index in [0.717, 1.165) is 63.8 Å². The summed E-state index contributed by atoms with van der Waals surface area (Å²) in [7, 11) is -3.54. The largest absolute Gasteiger partial charge is 0.392 e. The highest BCUT2D eigenvalue weighted by atomic mass is 32.2. The van der Waals surface area contributed by atoms with E-state index in [4.69, 9.17) is 0 Å². The summed E-state index contributed by atoms with van der Waals surface area (Å²) in [5.74, 6) is 0. The number of nitrogens with one attached hydrogen (secondary N) is 1. The lowest BCUT2D eigenvalue weighted by atomic mass is 9.87. The first-order valence-corrected chi connectivity index (χ1v) is 12.9. The van der Waals surface area contributed by atoms with Crippen LogP contribution in [0.3, 0.4) is 0 Å². The van der Waals surface area contributed by atoms with Crippen molar-refractivity contribution in [2.24, 2.45) is 0 Å². The fourth-order valence-corrected chi connectivity index (χ4v) is 6.26.